The van der Waals surface area contributed by atoms with Gasteiger partial charge in [0, 0.05) is 0 Å². The average Bonchev–Trinajstić information content (AvgIpc) is 2.56. The molecule has 0 amide bonds. The molecule has 0 aliphatic heterocycles. The van der Waals surface area contributed by atoms with E-state index < -0.39 is 0 Å². The van der Waals surface area contributed by atoms with E-state index in [-0.39, 0.29) is 12.4 Å². The number of carbonyl (C=O) groups is 2. The first-order valence-corrected chi connectivity index (χ1v) is 6.83. The van der Waals surface area contributed by atoms with Crippen molar-refractivity contribution in [3.63, 3.8) is 0 Å². The highest BCUT2D eigenvalue weighted by Crippen LogP contribution is 2.33. The Morgan fingerprint density at radius 2 is 1.83 bits per heavy atom. The molecule has 2 radical (unpaired) electrons. The molecule has 0 aliphatic carbocycles. The quantitative estimate of drug-likeness (QED) is 0.462. The Hall–Kier alpha value is -2.76. The Morgan fingerprint density at radius 1 is 1.09 bits per heavy atom. The summed E-state index contributed by atoms with van der Waals surface area (Å²) in [5, 5.41) is 0. The molecule has 0 spiro atoms. The van der Waals surface area contributed by atoms with Gasteiger partial charge in [0.1, 0.15) is 13.6 Å². The predicted octanol–water partition coefficient (Wildman–Crippen LogP) is 1.81. The molecule has 0 bridgehead atoms. The maximum atomic E-state index is 11.4. The van der Waals surface area contributed by atoms with E-state index in [4.69, 9.17) is 17.3 Å². The smallest absolute Gasteiger partial charge is 0.309 e. The lowest BCUT2D eigenvalue weighted by atomic mass is 9.94. The highest BCUT2D eigenvalue weighted by atomic mass is 16.5. The summed E-state index contributed by atoms with van der Waals surface area (Å²) in [6.07, 6.45) is 0.773. The first-order chi connectivity index (χ1) is 11.1. The van der Waals surface area contributed by atoms with Gasteiger partial charge in [0.05, 0.1) is 26.2 Å². The Labute approximate surface area is 135 Å². The standard InChI is InChI=1S/C17H15BO5/c1-21-15-5-3-11(8-17(20)22-2)7-16(15)23-14-6-4-13(18)9-12(14)10-19/h3-7,9-10H,8H2,1-2H3. The lowest BCUT2D eigenvalue weighted by Gasteiger charge is -2.13. The van der Waals surface area contributed by atoms with Gasteiger partial charge in [-0.2, -0.15) is 0 Å². The van der Waals surface area contributed by atoms with E-state index in [0.29, 0.717) is 40.1 Å². The highest BCUT2D eigenvalue weighted by Gasteiger charge is 2.12. The fourth-order valence-corrected chi connectivity index (χ4v) is 2.02. The van der Waals surface area contributed by atoms with Crippen LogP contribution < -0.4 is 14.9 Å². The monoisotopic (exact) mass is 310 g/mol. The van der Waals surface area contributed by atoms with Crippen LogP contribution in [-0.4, -0.2) is 34.3 Å². The van der Waals surface area contributed by atoms with E-state index in [0.717, 1.165) is 0 Å². The summed E-state index contributed by atoms with van der Waals surface area (Å²) < 4.78 is 15.7. The van der Waals surface area contributed by atoms with Crippen LogP contribution in [-0.2, 0) is 16.0 Å². The van der Waals surface area contributed by atoms with Crippen molar-refractivity contribution in [2.45, 2.75) is 6.42 Å². The number of methoxy groups -OCH3 is 2. The number of esters is 1. The third kappa shape index (κ3) is 4.13. The van der Waals surface area contributed by atoms with Crippen molar-refractivity contribution in [1.29, 1.82) is 0 Å². The first-order valence-electron chi connectivity index (χ1n) is 6.83. The van der Waals surface area contributed by atoms with Gasteiger partial charge in [-0.1, -0.05) is 23.7 Å². The summed E-state index contributed by atoms with van der Waals surface area (Å²) in [4.78, 5) is 22.5. The third-order valence-electron chi connectivity index (χ3n) is 3.18. The number of hydrogen-bond acceptors (Lipinski definition) is 5. The molecular weight excluding hydrogens is 295 g/mol. The van der Waals surface area contributed by atoms with E-state index in [2.05, 4.69) is 4.74 Å². The second kappa shape index (κ2) is 7.49. The molecule has 0 saturated heterocycles. The van der Waals surface area contributed by atoms with E-state index >= 15 is 0 Å². The average molecular weight is 310 g/mol. The SMILES string of the molecule is [B]c1ccc(Oc2cc(CC(=O)OC)ccc2OC)c(C=O)c1. The largest absolute Gasteiger partial charge is 0.493 e. The van der Waals surface area contributed by atoms with Crippen molar-refractivity contribution in [1.82, 2.24) is 0 Å². The van der Waals surface area contributed by atoms with Gasteiger partial charge in [0.15, 0.2) is 17.8 Å². The van der Waals surface area contributed by atoms with Crippen molar-refractivity contribution in [2.24, 2.45) is 0 Å². The molecule has 0 aromatic heterocycles. The van der Waals surface area contributed by atoms with Crippen LogP contribution in [0.4, 0.5) is 0 Å². The van der Waals surface area contributed by atoms with Crippen molar-refractivity contribution in [3.05, 3.63) is 47.5 Å². The molecule has 6 heteroatoms. The molecule has 2 aromatic carbocycles. The van der Waals surface area contributed by atoms with Gasteiger partial charge < -0.3 is 14.2 Å². The van der Waals surface area contributed by atoms with Crippen LogP contribution in [0.5, 0.6) is 17.2 Å². The summed E-state index contributed by atoms with van der Waals surface area (Å²) in [5.41, 5.74) is 1.49. The Balaban J connectivity index is 2.35. The fraction of sp³-hybridized carbons (Fsp3) is 0.176. The minimum atomic E-state index is -0.359. The molecule has 0 N–H and O–H groups in total. The number of benzene rings is 2. The number of ether oxygens (including phenoxy) is 3. The zero-order valence-corrected chi connectivity index (χ0v) is 12.9. The summed E-state index contributed by atoms with van der Waals surface area (Å²) in [7, 11) is 8.49. The number of aldehydes is 1. The number of hydrogen-bond donors (Lipinski definition) is 0. The summed E-state index contributed by atoms with van der Waals surface area (Å²) in [5.74, 6) is 0.860. The lowest BCUT2D eigenvalue weighted by Crippen LogP contribution is -2.06. The van der Waals surface area contributed by atoms with Crippen LogP contribution in [0.1, 0.15) is 15.9 Å². The van der Waals surface area contributed by atoms with Crippen LogP contribution in [0, 0.1) is 0 Å². The lowest BCUT2D eigenvalue weighted by molar-refractivity contribution is -0.139. The molecule has 2 rings (SSSR count). The van der Waals surface area contributed by atoms with Gasteiger partial charge in [0.2, 0.25) is 0 Å². The fourth-order valence-electron chi connectivity index (χ4n) is 2.02. The van der Waals surface area contributed by atoms with Crippen molar-refractivity contribution in [2.75, 3.05) is 14.2 Å². The summed E-state index contributed by atoms with van der Waals surface area (Å²) in [6, 6.07) is 9.85. The molecule has 2 aromatic rings. The van der Waals surface area contributed by atoms with Crippen LogP contribution >= 0.6 is 0 Å². The number of carbonyl (C=O) groups excluding carboxylic acids is 2. The molecule has 0 unspecified atom stereocenters. The second-order valence-corrected chi connectivity index (χ2v) is 4.76. The highest BCUT2D eigenvalue weighted by molar-refractivity contribution is 6.32. The van der Waals surface area contributed by atoms with Gasteiger partial charge in [-0.25, -0.2) is 0 Å². The van der Waals surface area contributed by atoms with E-state index in [1.807, 2.05) is 0 Å². The molecule has 0 aliphatic rings. The van der Waals surface area contributed by atoms with E-state index in [9.17, 15) is 9.59 Å². The van der Waals surface area contributed by atoms with Crippen molar-refractivity contribution < 1.29 is 23.8 Å². The Morgan fingerprint density at radius 3 is 2.48 bits per heavy atom. The molecule has 116 valence electrons. The van der Waals surface area contributed by atoms with Gasteiger partial charge in [-0.3, -0.25) is 9.59 Å². The first kappa shape index (κ1) is 16.6. The van der Waals surface area contributed by atoms with E-state index in [1.165, 1.54) is 20.3 Å². The van der Waals surface area contributed by atoms with E-state index in [1.54, 1.807) is 30.3 Å². The van der Waals surface area contributed by atoms with Crippen LogP contribution in [0.25, 0.3) is 0 Å². The van der Waals surface area contributed by atoms with Gasteiger partial charge in [0.25, 0.3) is 0 Å². The maximum absolute atomic E-state index is 11.4. The predicted molar refractivity (Wildman–Crippen MR) is 86.0 cm³/mol. The third-order valence-corrected chi connectivity index (χ3v) is 3.18. The molecule has 5 nitrogen and oxygen atoms in total. The summed E-state index contributed by atoms with van der Waals surface area (Å²) >= 11 is 0. The summed E-state index contributed by atoms with van der Waals surface area (Å²) in [6.45, 7) is 0. The molecule has 0 heterocycles. The zero-order valence-electron chi connectivity index (χ0n) is 12.9. The second-order valence-electron chi connectivity index (χ2n) is 4.76. The van der Waals surface area contributed by atoms with Crippen molar-refractivity contribution >= 4 is 25.6 Å². The topological polar surface area (TPSA) is 61.8 Å². The van der Waals surface area contributed by atoms with Gasteiger partial charge in [-0.05, 0) is 23.8 Å². The Kier molecular flexibility index (Phi) is 5.41. The molecule has 0 saturated carbocycles. The van der Waals surface area contributed by atoms with Gasteiger partial charge >= 0.3 is 5.97 Å². The molecular formula is C17H15BO5. The minimum absolute atomic E-state index is 0.110. The normalized spacial score (nSPS) is 10.0. The number of rotatable bonds is 6. The molecule has 0 fully saturated rings. The van der Waals surface area contributed by atoms with Crippen LogP contribution in [0.2, 0.25) is 0 Å². The molecule has 0 atom stereocenters. The van der Waals surface area contributed by atoms with Crippen LogP contribution in [0.15, 0.2) is 36.4 Å². The minimum Gasteiger partial charge on any atom is -0.493 e. The van der Waals surface area contributed by atoms with Crippen molar-refractivity contribution in [3.8, 4) is 17.2 Å². The van der Waals surface area contributed by atoms with Gasteiger partial charge in [-0.15, -0.1) is 0 Å². The maximum Gasteiger partial charge on any atom is 0.309 e. The Bertz CT molecular complexity index is 727. The zero-order chi connectivity index (χ0) is 16.8. The molecule has 23 heavy (non-hydrogen) atoms. The van der Waals surface area contributed by atoms with Crippen LogP contribution in [0.3, 0.4) is 0 Å².